The zero-order chi connectivity index (χ0) is 12.4. The van der Waals surface area contributed by atoms with Crippen molar-refractivity contribution < 1.29 is 0 Å². The van der Waals surface area contributed by atoms with E-state index >= 15 is 0 Å². The third kappa shape index (κ3) is 2.44. The van der Waals surface area contributed by atoms with E-state index in [2.05, 4.69) is 9.97 Å². The minimum absolute atomic E-state index is 0.449. The lowest BCUT2D eigenvalue weighted by Gasteiger charge is -2.13. The molecule has 4 nitrogen and oxygen atoms in total. The van der Waals surface area contributed by atoms with E-state index < -0.39 is 6.04 Å². The summed E-state index contributed by atoms with van der Waals surface area (Å²) in [6, 6.07) is 1.18. The van der Waals surface area contributed by atoms with E-state index in [4.69, 9.17) is 28.9 Å². The Balaban J connectivity index is 2.40. The zero-order valence-corrected chi connectivity index (χ0v) is 10.8. The monoisotopic (exact) mass is 270 g/mol. The Bertz CT molecular complexity index is 524. The lowest BCUT2D eigenvalue weighted by Crippen LogP contribution is -2.19. The van der Waals surface area contributed by atoms with E-state index in [-0.39, 0.29) is 0 Å². The highest BCUT2D eigenvalue weighted by atomic mass is 35.5. The van der Waals surface area contributed by atoms with Gasteiger partial charge < -0.3 is 10.3 Å². The number of halogens is 2. The topological polar surface area (TPSA) is 56.7 Å². The highest BCUT2D eigenvalue weighted by molar-refractivity contribution is 6.34. The highest BCUT2D eigenvalue weighted by Crippen LogP contribution is 2.25. The fourth-order valence-corrected chi connectivity index (χ4v) is 2.14. The first-order valence-corrected chi connectivity index (χ1v) is 5.96. The van der Waals surface area contributed by atoms with Crippen molar-refractivity contribution in [2.75, 3.05) is 0 Å². The van der Waals surface area contributed by atoms with Crippen LogP contribution in [0.5, 0.6) is 0 Å². The third-order valence-electron chi connectivity index (χ3n) is 2.50. The summed E-state index contributed by atoms with van der Waals surface area (Å²) >= 11 is 11.9. The standard InChI is InChI=1S/C11H12Cl2N4/c1-2-17-4-3-15-11(17)9(14)10-8(13)5-7(12)6-16-10/h3-6,9H,2,14H2,1H3. The van der Waals surface area contributed by atoms with Gasteiger partial charge in [-0.3, -0.25) is 4.98 Å². The van der Waals surface area contributed by atoms with E-state index in [1.54, 1.807) is 12.3 Å². The van der Waals surface area contributed by atoms with Gasteiger partial charge in [0.25, 0.3) is 0 Å². The van der Waals surface area contributed by atoms with Crippen molar-refractivity contribution in [2.45, 2.75) is 19.5 Å². The van der Waals surface area contributed by atoms with Crippen LogP contribution in [0.2, 0.25) is 10.0 Å². The smallest absolute Gasteiger partial charge is 0.131 e. The van der Waals surface area contributed by atoms with E-state index in [1.165, 1.54) is 6.20 Å². The molecule has 2 aromatic heterocycles. The van der Waals surface area contributed by atoms with Crippen molar-refractivity contribution in [1.82, 2.24) is 14.5 Å². The molecule has 1 unspecified atom stereocenters. The molecule has 0 aromatic carbocycles. The molecule has 0 radical (unpaired) electrons. The maximum absolute atomic E-state index is 6.11. The van der Waals surface area contributed by atoms with Crippen molar-refractivity contribution >= 4 is 23.2 Å². The summed E-state index contributed by atoms with van der Waals surface area (Å²) < 4.78 is 1.96. The van der Waals surface area contributed by atoms with E-state index in [0.29, 0.717) is 15.7 Å². The molecule has 0 bridgehead atoms. The molecule has 0 aliphatic rings. The maximum atomic E-state index is 6.11. The Morgan fingerprint density at radius 2 is 2.18 bits per heavy atom. The summed E-state index contributed by atoms with van der Waals surface area (Å²) in [7, 11) is 0. The summed E-state index contributed by atoms with van der Waals surface area (Å²) in [5, 5.41) is 0.945. The van der Waals surface area contributed by atoms with Crippen LogP contribution in [0.3, 0.4) is 0 Å². The molecule has 1 atom stereocenters. The summed E-state index contributed by atoms with van der Waals surface area (Å²) in [5.41, 5.74) is 6.70. The Kier molecular flexibility index (Phi) is 3.66. The second kappa shape index (κ2) is 5.04. The molecule has 0 spiro atoms. The first-order chi connectivity index (χ1) is 8.13. The number of aryl methyl sites for hydroxylation is 1. The molecule has 0 fully saturated rings. The Morgan fingerprint density at radius 1 is 1.41 bits per heavy atom. The van der Waals surface area contributed by atoms with Gasteiger partial charge in [0.2, 0.25) is 0 Å². The van der Waals surface area contributed by atoms with Crippen molar-refractivity contribution in [2.24, 2.45) is 5.73 Å². The van der Waals surface area contributed by atoms with Crippen LogP contribution >= 0.6 is 23.2 Å². The van der Waals surface area contributed by atoms with Gasteiger partial charge in [-0.2, -0.15) is 0 Å². The quantitative estimate of drug-likeness (QED) is 0.933. The SMILES string of the molecule is CCn1ccnc1C(N)c1ncc(Cl)cc1Cl. The highest BCUT2D eigenvalue weighted by Gasteiger charge is 2.18. The molecule has 0 saturated heterocycles. The molecule has 2 aromatic rings. The van der Waals surface area contributed by atoms with Crippen molar-refractivity contribution in [3.05, 3.63) is 46.2 Å². The number of aromatic nitrogens is 3. The van der Waals surface area contributed by atoms with Gasteiger partial charge in [-0.1, -0.05) is 23.2 Å². The van der Waals surface area contributed by atoms with Crippen LogP contribution in [0.4, 0.5) is 0 Å². The van der Waals surface area contributed by atoms with Crippen molar-refractivity contribution in [3.63, 3.8) is 0 Å². The van der Waals surface area contributed by atoms with Crippen LogP contribution in [0, 0.1) is 0 Å². The van der Waals surface area contributed by atoms with Gasteiger partial charge in [0, 0.05) is 25.1 Å². The van der Waals surface area contributed by atoms with Crippen LogP contribution in [0.1, 0.15) is 24.5 Å². The average molecular weight is 271 g/mol. The van der Waals surface area contributed by atoms with Crippen LogP contribution in [0.25, 0.3) is 0 Å². The normalized spacial score (nSPS) is 12.7. The fraction of sp³-hybridized carbons (Fsp3) is 0.273. The second-order valence-corrected chi connectivity index (χ2v) is 4.41. The van der Waals surface area contributed by atoms with Gasteiger partial charge in [0.1, 0.15) is 11.9 Å². The minimum Gasteiger partial charge on any atom is -0.334 e. The number of hydrogen-bond donors (Lipinski definition) is 1. The van der Waals surface area contributed by atoms with Gasteiger partial charge in [-0.25, -0.2) is 4.98 Å². The molecular weight excluding hydrogens is 259 g/mol. The van der Waals surface area contributed by atoms with E-state index in [0.717, 1.165) is 12.4 Å². The summed E-state index contributed by atoms with van der Waals surface area (Å²) in [6.45, 7) is 2.82. The van der Waals surface area contributed by atoms with Gasteiger partial charge in [0.15, 0.2) is 0 Å². The molecule has 2 rings (SSSR count). The minimum atomic E-state index is -0.449. The summed E-state index contributed by atoms with van der Waals surface area (Å²) in [4.78, 5) is 8.40. The number of hydrogen-bond acceptors (Lipinski definition) is 3. The molecule has 0 aliphatic heterocycles. The Labute approximate surface area is 109 Å². The third-order valence-corrected chi connectivity index (χ3v) is 3.01. The molecule has 6 heteroatoms. The molecule has 0 aliphatic carbocycles. The van der Waals surface area contributed by atoms with E-state index in [1.807, 2.05) is 17.7 Å². The first-order valence-electron chi connectivity index (χ1n) is 5.21. The molecule has 2 N–H and O–H groups in total. The number of pyridine rings is 1. The van der Waals surface area contributed by atoms with Gasteiger partial charge in [-0.05, 0) is 13.0 Å². The molecule has 0 amide bonds. The average Bonchev–Trinajstić information content (AvgIpc) is 2.76. The number of nitrogens with two attached hydrogens (primary N) is 1. The largest absolute Gasteiger partial charge is 0.334 e. The van der Waals surface area contributed by atoms with Gasteiger partial charge >= 0.3 is 0 Å². The lowest BCUT2D eigenvalue weighted by molar-refractivity contribution is 0.647. The predicted molar refractivity (Wildman–Crippen MR) is 68.2 cm³/mol. The summed E-state index contributed by atoms with van der Waals surface area (Å²) in [6.07, 6.45) is 5.11. The van der Waals surface area contributed by atoms with Gasteiger partial charge in [-0.15, -0.1) is 0 Å². The predicted octanol–water partition coefficient (Wildman–Crippen LogP) is 2.65. The van der Waals surface area contributed by atoms with Crippen LogP contribution in [0.15, 0.2) is 24.7 Å². The molecule has 90 valence electrons. The van der Waals surface area contributed by atoms with Crippen LogP contribution in [-0.4, -0.2) is 14.5 Å². The van der Waals surface area contributed by atoms with Crippen molar-refractivity contribution in [1.29, 1.82) is 0 Å². The first kappa shape index (κ1) is 12.4. The van der Waals surface area contributed by atoms with Crippen LogP contribution in [-0.2, 0) is 6.54 Å². The fourth-order valence-electron chi connectivity index (χ4n) is 1.64. The maximum Gasteiger partial charge on any atom is 0.131 e. The number of rotatable bonds is 3. The van der Waals surface area contributed by atoms with E-state index in [9.17, 15) is 0 Å². The molecule has 0 saturated carbocycles. The second-order valence-electron chi connectivity index (χ2n) is 3.57. The number of nitrogens with zero attached hydrogens (tertiary/aromatic N) is 3. The summed E-state index contributed by atoms with van der Waals surface area (Å²) in [5.74, 6) is 0.740. The molecule has 17 heavy (non-hydrogen) atoms. The Hall–Kier alpha value is -1.10. The molecule has 2 heterocycles. The number of imidazole rings is 1. The molecular formula is C11H12Cl2N4. The van der Waals surface area contributed by atoms with Gasteiger partial charge in [0.05, 0.1) is 15.7 Å². The lowest BCUT2D eigenvalue weighted by atomic mass is 10.2. The Morgan fingerprint density at radius 3 is 2.82 bits per heavy atom. The zero-order valence-electron chi connectivity index (χ0n) is 9.27. The van der Waals surface area contributed by atoms with Crippen LogP contribution < -0.4 is 5.73 Å². The van der Waals surface area contributed by atoms with Crippen molar-refractivity contribution in [3.8, 4) is 0 Å².